The number of hydrogen-bond acceptors (Lipinski definition) is 4. The number of likely N-dealkylation sites (N-methyl/N-ethyl adjacent to an activating group) is 2. The van der Waals surface area contributed by atoms with Crippen molar-refractivity contribution >= 4 is 5.97 Å². The summed E-state index contributed by atoms with van der Waals surface area (Å²) in [6.45, 7) is 7.04. The predicted molar refractivity (Wildman–Crippen MR) is 75.3 cm³/mol. The molecule has 3 unspecified atom stereocenters. The van der Waals surface area contributed by atoms with Crippen molar-refractivity contribution in [2.75, 3.05) is 33.2 Å². The van der Waals surface area contributed by atoms with E-state index in [0.717, 1.165) is 19.5 Å². The van der Waals surface area contributed by atoms with E-state index in [2.05, 4.69) is 22.2 Å². The SMILES string of the molecule is CCNC(C)(CN1CCC2CCC(C1)N2C)C(=O)O. The minimum absolute atomic E-state index is 0.591. The number of nitrogens with one attached hydrogen (secondary N) is 1. The Morgan fingerprint density at radius 2 is 2.05 bits per heavy atom. The van der Waals surface area contributed by atoms with Crippen LogP contribution in [-0.2, 0) is 4.79 Å². The van der Waals surface area contributed by atoms with Gasteiger partial charge >= 0.3 is 5.97 Å². The van der Waals surface area contributed by atoms with Crippen LogP contribution in [0.15, 0.2) is 0 Å². The average Bonchev–Trinajstić information content (AvgIpc) is 2.58. The molecule has 2 bridgehead atoms. The molecule has 2 N–H and O–H groups in total. The van der Waals surface area contributed by atoms with E-state index in [1.165, 1.54) is 12.8 Å². The normalized spacial score (nSPS) is 31.9. The molecule has 5 nitrogen and oxygen atoms in total. The van der Waals surface area contributed by atoms with Gasteiger partial charge in [-0.2, -0.15) is 0 Å². The van der Waals surface area contributed by atoms with E-state index in [1.807, 2.05) is 6.92 Å². The quantitative estimate of drug-likeness (QED) is 0.766. The second kappa shape index (κ2) is 5.77. The largest absolute Gasteiger partial charge is 0.480 e. The van der Waals surface area contributed by atoms with Crippen molar-refractivity contribution in [2.24, 2.45) is 0 Å². The number of likely N-dealkylation sites (tertiary alicyclic amines) is 1. The molecule has 2 aliphatic heterocycles. The molecule has 0 aromatic rings. The molecular formula is C14H27N3O2. The Morgan fingerprint density at radius 1 is 1.37 bits per heavy atom. The summed E-state index contributed by atoms with van der Waals surface area (Å²) in [5.74, 6) is -0.753. The van der Waals surface area contributed by atoms with Crippen molar-refractivity contribution in [1.29, 1.82) is 0 Å². The molecular weight excluding hydrogens is 242 g/mol. The maximum absolute atomic E-state index is 11.5. The summed E-state index contributed by atoms with van der Waals surface area (Å²) in [5, 5.41) is 12.6. The molecule has 0 aliphatic carbocycles. The number of hydrogen-bond donors (Lipinski definition) is 2. The van der Waals surface area contributed by atoms with Gasteiger partial charge in [0.1, 0.15) is 5.54 Å². The van der Waals surface area contributed by atoms with Crippen LogP contribution in [0.5, 0.6) is 0 Å². The van der Waals surface area contributed by atoms with Gasteiger partial charge in [0.05, 0.1) is 0 Å². The summed E-state index contributed by atoms with van der Waals surface area (Å²) in [4.78, 5) is 16.3. The Balaban J connectivity index is 2.00. The van der Waals surface area contributed by atoms with Gasteiger partial charge in [-0.25, -0.2) is 0 Å². The smallest absolute Gasteiger partial charge is 0.324 e. The predicted octanol–water partition coefficient (Wildman–Crippen LogP) is 0.608. The van der Waals surface area contributed by atoms with Crippen molar-refractivity contribution in [3.63, 3.8) is 0 Å². The van der Waals surface area contributed by atoms with Crippen LogP contribution in [0.3, 0.4) is 0 Å². The van der Waals surface area contributed by atoms with E-state index in [1.54, 1.807) is 6.92 Å². The fourth-order valence-corrected chi connectivity index (χ4v) is 3.56. The van der Waals surface area contributed by atoms with Gasteiger partial charge in [-0.05, 0) is 46.3 Å². The van der Waals surface area contributed by atoms with Gasteiger partial charge in [-0.15, -0.1) is 0 Å². The summed E-state index contributed by atoms with van der Waals surface area (Å²) < 4.78 is 0. The minimum atomic E-state index is -0.836. The molecule has 2 saturated heterocycles. The molecule has 110 valence electrons. The van der Waals surface area contributed by atoms with Gasteiger partial charge < -0.3 is 10.4 Å². The Morgan fingerprint density at radius 3 is 2.68 bits per heavy atom. The van der Waals surface area contributed by atoms with Gasteiger partial charge in [-0.1, -0.05) is 6.92 Å². The van der Waals surface area contributed by atoms with Crippen LogP contribution in [0.25, 0.3) is 0 Å². The lowest BCUT2D eigenvalue weighted by molar-refractivity contribution is -0.145. The van der Waals surface area contributed by atoms with E-state index >= 15 is 0 Å². The molecule has 0 amide bonds. The van der Waals surface area contributed by atoms with Crippen LogP contribution in [0.1, 0.15) is 33.1 Å². The Kier molecular flexibility index (Phi) is 4.48. The molecule has 0 aromatic carbocycles. The third-order valence-corrected chi connectivity index (χ3v) is 4.81. The van der Waals surface area contributed by atoms with E-state index in [-0.39, 0.29) is 0 Å². The van der Waals surface area contributed by atoms with Crippen LogP contribution >= 0.6 is 0 Å². The number of rotatable bonds is 5. The second-order valence-corrected chi connectivity index (χ2v) is 6.24. The lowest BCUT2D eigenvalue weighted by Crippen LogP contribution is -2.57. The van der Waals surface area contributed by atoms with Crippen molar-refractivity contribution in [3.8, 4) is 0 Å². The molecule has 2 aliphatic rings. The highest BCUT2D eigenvalue weighted by molar-refractivity contribution is 5.78. The van der Waals surface area contributed by atoms with E-state index < -0.39 is 11.5 Å². The van der Waals surface area contributed by atoms with Gasteiger partial charge in [0.25, 0.3) is 0 Å². The first kappa shape index (κ1) is 14.8. The number of carbonyl (C=O) groups is 1. The summed E-state index contributed by atoms with van der Waals surface area (Å²) in [6, 6.07) is 1.30. The highest BCUT2D eigenvalue weighted by atomic mass is 16.4. The number of carboxylic acid groups (broad SMARTS) is 1. The zero-order chi connectivity index (χ0) is 14.0. The third kappa shape index (κ3) is 3.09. The van der Waals surface area contributed by atoms with E-state index in [9.17, 15) is 9.90 Å². The Labute approximate surface area is 115 Å². The van der Waals surface area contributed by atoms with E-state index in [0.29, 0.717) is 25.2 Å². The summed E-state index contributed by atoms with van der Waals surface area (Å²) >= 11 is 0. The first-order valence-electron chi connectivity index (χ1n) is 7.39. The second-order valence-electron chi connectivity index (χ2n) is 6.24. The van der Waals surface area contributed by atoms with E-state index in [4.69, 9.17) is 0 Å². The monoisotopic (exact) mass is 269 g/mol. The minimum Gasteiger partial charge on any atom is -0.480 e. The van der Waals surface area contributed by atoms with Gasteiger partial charge in [-0.3, -0.25) is 14.6 Å². The molecule has 0 saturated carbocycles. The molecule has 2 heterocycles. The highest BCUT2D eigenvalue weighted by Crippen LogP contribution is 2.28. The number of nitrogens with zero attached hydrogens (tertiary/aromatic N) is 2. The summed E-state index contributed by atoms with van der Waals surface area (Å²) in [5.41, 5.74) is -0.836. The van der Waals surface area contributed by atoms with Gasteiger partial charge in [0.2, 0.25) is 0 Å². The van der Waals surface area contributed by atoms with Crippen LogP contribution in [0, 0.1) is 0 Å². The van der Waals surface area contributed by atoms with Crippen LogP contribution < -0.4 is 5.32 Å². The Hall–Kier alpha value is -0.650. The zero-order valence-electron chi connectivity index (χ0n) is 12.4. The maximum Gasteiger partial charge on any atom is 0.324 e. The standard InChI is InChI=1S/C14H27N3O2/c1-4-15-14(2,13(18)19)10-17-8-7-11-5-6-12(9-17)16(11)3/h11-12,15H,4-10H2,1-3H3,(H,18,19). The number of aliphatic carboxylic acids is 1. The van der Waals surface area contributed by atoms with Gasteiger partial charge in [0, 0.05) is 25.2 Å². The Bertz CT molecular complexity index is 337. The molecule has 2 rings (SSSR count). The van der Waals surface area contributed by atoms with Crippen molar-refractivity contribution in [3.05, 3.63) is 0 Å². The maximum atomic E-state index is 11.5. The topological polar surface area (TPSA) is 55.8 Å². The molecule has 0 radical (unpaired) electrons. The first-order valence-corrected chi connectivity index (χ1v) is 7.39. The molecule has 0 aromatic heterocycles. The van der Waals surface area contributed by atoms with Crippen LogP contribution in [-0.4, -0.2) is 71.7 Å². The number of carboxylic acids is 1. The molecule has 0 spiro atoms. The highest BCUT2D eigenvalue weighted by Gasteiger charge is 2.39. The summed E-state index contributed by atoms with van der Waals surface area (Å²) in [6.07, 6.45) is 3.72. The molecule has 3 atom stereocenters. The fourth-order valence-electron chi connectivity index (χ4n) is 3.56. The van der Waals surface area contributed by atoms with Crippen LogP contribution in [0.4, 0.5) is 0 Å². The third-order valence-electron chi connectivity index (χ3n) is 4.81. The molecule has 2 fully saturated rings. The zero-order valence-corrected chi connectivity index (χ0v) is 12.4. The fraction of sp³-hybridized carbons (Fsp3) is 0.929. The van der Waals surface area contributed by atoms with Gasteiger partial charge in [0.15, 0.2) is 0 Å². The number of fused-ring (bicyclic) bond motifs is 2. The van der Waals surface area contributed by atoms with Crippen molar-refractivity contribution in [2.45, 2.75) is 50.7 Å². The van der Waals surface area contributed by atoms with Crippen LogP contribution in [0.2, 0.25) is 0 Å². The van der Waals surface area contributed by atoms with Crippen molar-refractivity contribution < 1.29 is 9.90 Å². The van der Waals surface area contributed by atoms with Crippen molar-refractivity contribution in [1.82, 2.24) is 15.1 Å². The first-order chi connectivity index (χ1) is 8.96. The lowest BCUT2D eigenvalue weighted by Gasteiger charge is -2.34. The lowest BCUT2D eigenvalue weighted by atomic mass is 10.00. The molecule has 19 heavy (non-hydrogen) atoms. The summed E-state index contributed by atoms with van der Waals surface area (Å²) in [7, 11) is 2.21. The average molecular weight is 269 g/mol. The molecule has 5 heteroatoms.